The Labute approximate surface area is 369 Å². The predicted octanol–water partition coefficient (Wildman–Crippen LogP) is 14.5. The number of nitrogens with zero attached hydrogens (tertiary/aromatic N) is 2. The van der Waals surface area contributed by atoms with Crippen LogP contribution in [0.3, 0.4) is 0 Å². The van der Waals surface area contributed by atoms with E-state index in [0.717, 1.165) is 62.3 Å². The highest BCUT2D eigenvalue weighted by molar-refractivity contribution is 6.04. The molecular weight excluding hydrogens is 751 g/mol. The van der Waals surface area contributed by atoms with E-state index in [-0.39, 0.29) is 0 Å². The van der Waals surface area contributed by atoms with Crippen molar-refractivity contribution in [1.29, 1.82) is 0 Å². The van der Waals surface area contributed by atoms with Crippen LogP contribution in [-0.4, -0.2) is 24.3 Å². The van der Waals surface area contributed by atoms with E-state index in [1.54, 1.807) is 0 Å². The Morgan fingerprint density at radius 1 is 0.887 bits per heavy atom. The first kappa shape index (κ1) is 41.2. The molecule has 0 spiro atoms. The lowest BCUT2D eigenvalue weighted by molar-refractivity contribution is 0.672. The maximum absolute atomic E-state index is 5.51. The Balaban J connectivity index is 1.04. The fourth-order valence-corrected chi connectivity index (χ4v) is 10.2. The molecule has 3 unspecified atom stereocenters. The van der Waals surface area contributed by atoms with Crippen LogP contribution >= 0.6 is 0 Å². The van der Waals surface area contributed by atoms with Gasteiger partial charge in [0.1, 0.15) is 0 Å². The molecule has 1 aliphatic heterocycles. The Kier molecular flexibility index (Phi) is 11.7. The molecule has 62 heavy (non-hydrogen) atoms. The summed E-state index contributed by atoms with van der Waals surface area (Å²) in [7, 11) is 0. The molecule has 0 saturated carbocycles. The predicted molar refractivity (Wildman–Crippen MR) is 265 cm³/mol. The van der Waals surface area contributed by atoms with Crippen LogP contribution in [0.15, 0.2) is 185 Å². The Hall–Kier alpha value is -6.16. The topological polar surface area (TPSA) is 37.3 Å². The number of nitrogens with one attached hydrogen (secondary N) is 1. The number of aryl methyl sites for hydroxylation is 1. The normalized spacial score (nSPS) is 19.7. The van der Waals surface area contributed by atoms with Gasteiger partial charge in [-0.05, 0) is 133 Å². The molecule has 0 fully saturated rings. The van der Waals surface area contributed by atoms with E-state index in [9.17, 15) is 0 Å². The number of rotatable bonds is 15. The summed E-state index contributed by atoms with van der Waals surface area (Å²) in [4.78, 5) is 10.3. The molecule has 2 heterocycles. The summed E-state index contributed by atoms with van der Waals surface area (Å²) in [6.45, 7) is 17.0. The number of allylic oxidation sites excluding steroid dienone is 12. The van der Waals surface area contributed by atoms with E-state index >= 15 is 0 Å². The first-order valence-electron chi connectivity index (χ1n) is 22.8. The summed E-state index contributed by atoms with van der Waals surface area (Å²) in [6.07, 6.45) is 27.4. The van der Waals surface area contributed by atoms with Crippen LogP contribution in [0.5, 0.6) is 0 Å². The van der Waals surface area contributed by atoms with Crippen LogP contribution in [0, 0.1) is 5.92 Å². The average molecular weight is 810 g/mol. The monoisotopic (exact) mass is 809 g/mol. The second-order valence-electron chi connectivity index (χ2n) is 17.4. The van der Waals surface area contributed by atoms with Crippen molar-refractivity contribution in [3.8, 4) is 22.4 Å². The number of pyridine rings is 1. The average Bonchev–Trinajstić information content (AvgIpc) is 4.05. The van der Waals surface area contributed by atoms with Crippen molar-refractivity contribution in [1.82, 2.24) is 10.3 Å². The van der Waals surface area contributed by atoms with Crippen LogP contribution in [0.2, 0.25) is 0 Å². The van der Waals surface area contributed by atoms with Crippen molar-refractivity contribution >= 4 is 23.1 Å². The van der Waals surface area contributed by atoms with E-state index in [1.165, 1.54) is 83.1 Å². The van der Waals surface area contributed by atoms with Crippen LogP contribution in [0.1, 0.15) is 99.7 Å². The van der Waals surface area contributed by atoms with Gasteiger partial charge in [0, 0.05) is 41.7 Å². The molecular formula is C59H59N3. The van der Waals surface area contributed by atoms with Crippen LogP contribution in [-0.2, 0) is 11.8 Å². The van der Waals surface area contributed by atoms with Crippen molar-refractivity contribution < 1.29 is 0 Å². The number of benzene rings is 4. The lowest BCUT2D eigenvalue weighted by Crippen LogP contribution is -2.28. The van der Waals surface area contributed by atoms with E-state index in [1.807, 2.05) is 6.08 Å². The Bertz CT molecular complexity index is 2820. The lowest BCUT2D eigenvalue weighted by Gasteiger charge is -2.34. The van der Waals surface area contributed by atoms with Gasteiger partial charge in [-0.1, -0.05) is 159 Å². The molecule has 0 amide bonds. The second-order valence-corrected chi connectivity index (χ2v) is 17.4. The molecule has 4 aliphatic rings. The minimum Gasteiger partial charge on any atom is -0.308 e. The highest BCUT2D eigenvalue weighted by atomic mass is 14.9. The summed E-state index contributed by atoms with van der Waals surface area (Å²) >= 11 is 0. The zero-order valence-electron chi connectivity index (χ0n) is 37.1. The number of aliphatic imine (C=N–C) groups is 1. The third-order valence-corrected chi connectivity index (χ3v) is 13.7. The third-order valence-electron chi connectivity index (χ3n) is 13.7. The first-order valence-corrected chi connectivity index (χ1v) is 22.8. The van der Waals surface area contributed by atoms with Gasteiger partial charge in [-0.15, -0.1) is 0 Å². The van der Waals surface area contributed by atoms with Crippen molar-refractivity contribution in [2.75, 3.05) is 13.1 Å². The number of fused-ring (bicyclic) bond motifs is 7. The number of hydrogen-bond acceptors (Lipinski definition) is 3. The quantitative estimate of drug-likeness (QED) is 0.0845. The molecule has 0 radical (unpaired) electrons. The highest BCUT2D eigenvalue weighted by Gasteiger charge is 2.46. The summed E-state index contributed by atoms with van der Waals surface area (Å²) in [6, 6.07) is 34.3. The molecule has 0 saturated heterocycles. The van der Waals surface area contributed by atoms with Crippen LogP contribution in [0.25, 0.3) is 39.2 Å². The molecule has 3 atom stereocenters. The standard InChI is InChI=1S/C59H59N3/c1-7-10-24-48-50-34-45(50)37-61-57(48)38-60-32-31-40(5)39(4)29-30-42(9-3)43-20-18-21-44(33-43)58-53-35-52-47-25-14-16-27-54(47)59(41(6)19-8-2,46-22-12-11-13-23-46)55(52)36-51(53)49-26-15-17-28-56(49)62-58/h8,10-14,16-25,27-29,31,33-37,42,45,60H,2,7,9,15,26,30,32,38H2,1,3-6H3/b24-10-,39-29+,40-31+,41-19+. The van der Waals surface area contributed by atoms with Gasteiger partial charge in [0.05, 0.1) is 22.5 Å². The molecule has 3 nitrogen and oxygen atoms in total. The van der Waals surface area contributed by atoms with Crippen molar-refractivity contribution in [2.24, 2.45) is 10.9 Å². The van der Waals surface area contributed by atoms with Gasteiger partial charge in [0.25, 0.3) is 0 Å². The molecule has 1 N–H and O–H groups in total. The molecule has 1 aromatic heterocycles. The molecule has 5 aromatic rings. The molecule has 4 aromatic carbocycles. The Morgan fingerprint density at radius 2 is 1.71 bits per heavy atom. The summed E-state index contributed by atoms with van der Waals surface area (Å²) < 4.78 is 0. The maximum atomic E-state index is 5.51. The summed E-state index contributed by atoms with van der Waals surface area (Å²) in [5, 5.41) is 6.17. The van der Waals surface area contributed by atoms with Crippen molar-refractivity contribution in [3.05, 3.63) is 213 Å². The fraction of sp³-hybridized carbons (Fsp3) is 0.254. The molecule has 9 rings (SSSR count). The van der Waals surface area contributed by atoms with E-state index in [2.05, 4.69) is 192 Å². The first-order chi connectivity index (χ1) is 30.4. The molecule has 3 heteroatoms. The SMILES string of the molecule is C=C/C=C(\C)C1(c2ccccc2)c2ccccc2-c2cc3c(-c4cccc(C(CC)C/C=C(C)/C(C)=C/CNCC5=C(/C=C\CC)C6=CC6C=N5)c4)nc4c(c3cc21)CCC=C4. The summed E-state index contributed by atoms with van der Waals surface area (Å²) in [5.41, 5.74) is 19.9. The smallest absolute Gasteiger partial charge is 0.0788 e. The van der Waals surface area contributed by atoms with Gasteiger partial charge in [-0.25, -0.2) is 4.98 Å². The number of aromatic nitrogens is 1. The molecule has 0 bridgehead atoms. The second kappa shape index (κ2) is 17.7. The van der Waals surface area contributed by atoms with Crippen LogP contribution in [0.4, 0.5) is 0 Å². The van der Waals surface area contributed by atoms with E-state index < -0.39 is 5.41 Å². The van der Waals surface area contributed by atoms with Gasteiger partial charge in [0.2, 0.25) is 0 Å². The van der Waals surface area contributed by atoms with Gasteiger partial charge < -0.3 is 5.32 Å². The Morgan fingerprint density at radius 3 is 2.53 bits per heavy atom. The minimum atomic E-state index is -0.434. The zero-order valence-corrected chi connectivity index (χ0v) is 37.1. The van der Waals surface area contributed by atoms with Gasteiger partial charge in [-0.2, -0.15) is 0 Å². The maximum Gasteiger partial charge on any atom is 0.0788 e. The van der Waals surface area contributed by atoms with Gasteiger partial charge in [-0.3, -0.25) is 4.99 Å². The third kappa shape index (κ3) is 7.47. The van der Waals surface area contributed by atoms with E-state index in [0.29, 0.717) is 11.8 Å². The molecule has 310 valence electrons. The van der Waals surface area contributed by atoms with Crippen molar-refractivity contribution in [3.63, 3.8) is 0 Å². The zero-order chi connectivity index (χ0) is 42.8. The lowest BCUT2D eigenvalue weighted by atomic mass is 9.67. The number of hydrogen-bond donors (Lipinski definition) is 1. The highest BCUT2D eigenvalue weighted by Crippen LogP contribution is 2.57. The van der Waals surface area contributed by atoms with Gasteiger partial charge >= 0.3 is 0 Å². The van der Waals surface area contributed by atoms with E-state index in [4.69, 9.17) is 9.98 Å². The van der Waals surface area contributed by atoms with Crippen LogP contribution < -0.4 is 5.32 Å². The van der Waals surface area contributed by atoms with Crippen molar-refractivity contribution in [2.45, 2.75) is 78.1 Å². The molecule has 3 aliphatic carbocycles. The van der Waals surface area contributed by atoms with Gasteiger partial charge in [0.15, 0.2) is 0 Å². The largest absolute Gasteiger partial charge is 0.308 e. The fourth-order valence-electron chi connectivity index (χ4n) is 10.2. The minimum absolute atomic E-state index is 0.396. The summed E-state index contributed by atoms with van der Waals surface area (Å²) in [5.74, 6) is 0.849.